The summed E-state index contributed by atoms with van der Waals surface area (Å²) in [7, 11) is 0. The summed E-state index contributed by atoms with van der Waals surface area (Å²) in [6.07, 6.45) is 3.32. The van der Waals surface area contributed by atoms with Gasteiger partial charge in [0.1, 0.15) is 5.75 Å². The minimum atomic E-state index is 0.340. The number of aliphatic hydroxyl groups is 1. The fourth-order valence-corrected chi connectivity index (χ4v) is 2.73. The summed E-state index contributed by atoms with van der Waals surface area (Å²) in [6.45, 7) is 8.73. The SMILES string of the molecule is CC(C)CCOc1cccc(CN2CCC(CO)CC2)c1. The van der Waals surface area contributed by atoms with Gasteiger partial charge in [-0.05, 0) is 61.9 Å². The molecular weight excluding hydrogens is 262 g/mol. The Hall–Kier alpha value is -1.06. The van der Waals surface area contributed by atoms with E-state index >= 15 is 0 Å². The number of aliphatic hydroxyl groups excluding tert-OH is 1. The van der Waals surface area contributed by atoms with E-state index in [4.69, 9.17) is 4.74 Å². The molecule has 0 atom stereocenters. The molecular formula is C18H29NO2. The summed E-state index contributed by atoms with van der Waals surface area (Å²) in [5, 5.41) is 9.19. The van der Waals surface area contributed by atoms with Gasteiger partial charge in [-0.2, -0.15) is 0 Å². The van der Waals surface area contributed by atoms with Crippen molar-refractivity contribution in [2.24, 2.45) is 11.8 Å². The Bertz CT molecular complexity index is 411. The number of likely N-dealkylation sites (tertiary alicyclic amines) is 1. The third kappa shape index (κ3) is 5.68. The molecule has 1 aromatic rings. The van der Waals surface area contributed by atoms with E-state index < -0.39 is 0 Å². The summed E-state index contributed by atoms with van der Waals surface area (Å²) in [5.41, 5.74) is 1.32. The first kappa shape index (κ1) is 16.3. The van der Waals surface area contributed by atoms with Crippen molar-refractivity contribution in [3.63, 3.8) is 0 Å². The molecule has 0 saturated carbocycles. The van der Waals surface area contributed by atoms with Crippen molar-refractivity contribution in [1.82, 2.24) is 4.90 Å². The Morgan fingerprint density at radius 3 is 2.71 bits per heavy atom. The molecule has 0 aliphatic carbocycles. The molecule has 0 bridgehead atoms. The summed E-state index contributed by atoms with van der Waals surface area (Å²) >= 11 is 0. The Morgan fingerprint density at radius 2 is 2.05 bits per heavy atom. The molecule has 1 N–H and O–H groups in total. The highest BCUT2D eigenvalue weighted by Gasteiger charge is 2.18. The highest BCUT2D eigenvalue weighted by atomic mass is 16.5. The number of benzene rings is 1. The van der Waals surface area contributed by atoms with E-state index in [1.54, 1.807) is 0 Å². The van der Waals surface area contributed by atoms with Gasteiger partial charge in [-0.25, -0.2) is 0 Å². The van der Waals surface area contributed by atoms with Crippen LogP contribution < -0.4 is 4.74 Å². The average molecular weight is 291 g/mol. The second kappa shape index (κ2) is 8.40. The van der Waals surface area contributed by atoms with Gasteiger partial charge in [-0.3, -0.25) is 4.90 Å². The van der Waals surface area contributed by atoms with Crippen LogP contribution in [-0.2, 0) is 6.54 Å². The number of hydrogen-bond acceptors (Lipinski definition) is 3. The second-order valence-electron chi connectivity index (χ2n) is 6.58. The van der Waals surface area contributed by atoms with Gasteiger partial charge in [-0.1, -0.05) is 26.0 Å². The molecule has 1 fully saturated rings. The van der Waals surface area contributed by atoms with E-state index in [1.165, 1.54) is 5.56 Å². The van der Waals surface area contributed by atoms with E-state index in [9.17, 15) is 5.11 Å². The third-order valence-corrected chi connectivity index (χ3v) is 4.23. The van der Waals surface area contributed by atoms with Gasteiger partial charge < -0.3 is 9.84 Å². The van der Waals surface area contributed by atoms with E-state index in [1.807, 2.05) is 6.07 Å². The van der Waals surface area contributed by atoms with E-state index in [2.05, 4.69) is 36.9 Å². The maximum atomic E-state index is 9.19. The van der Waals surface area contributed by atoms with Crippen LogP contribution in [0, 0.1) is 11.8 Å². The zero-order valence-corrected chi connectivity index (χ0v) is 13.4. The van der Waals surface area contributed by atoms with Gasteiger partial charge >= 0.3 is 0 Å². The van der Waals surface area contributed by atoms with Crippen molar-refractivity contribution in [1.29, 1.82) is 0 Å². The van der Waals surface area contributed by atoms with Crippen molar-refractivity contribution in [2.75, 3.05) is 26.3 Å². The summed E-state index contributed by atoms with van der Waals surface area (Å²) in [6, 6.07) is 8.47. The Kier molecular flexibility index (Phi) is 6.52. The largest absolute Gasteiger partial charge is 0.494 e. The fraction of sp³-hybridized carbons (Fsp3) is 0.667. The monoisotopic (exact) mass is 291 g/mol. The molecule has 0 radical (unpaired) electrons. The molecule has 118 valence electrons. The minimum Gasteiger partial charge on any atom is -0.494 e. The van der Waals surface area contributed by atoms with Crippen LogP contribution >= 0.6 is 0 Å². The molecule has 21 heavy (non-hydrogen) atoms. The van der Waals surface area contributed by atoms with E-state index in [-0.39, 0.29) is 0 Å². The summed E-state index contributed by atoms with van der Waals surface area (Å²) in [4.78, 5) is 2.47. The minimum absolute atomic E-state index is 0.340. The molecule has 0 aromatic heterocycles. The number of piperidine rings is 1. The normalized spacial score (nSPS) is 17.3. The molecule has 3 heteroatoms. The van der Waals surface area contributed by atoms with Crippen molar-refractivity contribution < 1.29 is 9.84 Å². The Morgan fingerprint density at radius 1 is 1.29 bits per heavy atom. The fourth-order valence-electron chi connectivity index (χ4n) is 2.73. The third-order valence-electron chi connectivity index (χ3n) is 4.23. The average Bonchev–Trinajstić information content (AvgIpc) is 2.48. The van der Waals surface area contributed by atoms with Crippen LogP contribution in [0.4, 0.5) is 0 Å². The molecule has 2 rings (SSSR count). The van der Waals surface area contributed by atoms with E-state index in [0.29, 0.717) is 18.4 Å². The van der Waals surface area contributed by atoms with Gasteiger partial charge in [0.05, 0.1) is 6.61 Å². The second-order valence-corrected chi connectivity index (χ2v) is 6.58. The summed E-state index contributed by atoms with van der Waals surface area (Å²) < 4.78 is 5.83. The number of hydrogen-bond donors (Lipinski definition) is 1. The quantitative estimate of drug-likeness (QED) is 0.836. The smallest absolute Gasteiger partial charge is 0.119 e. The molecule has 3 nitrogen and oxygen atoms in total. The van der Waals surface area contributed by atoms with Crippen molar-refractivity contribution in [3.8, 4) is 5.75 Å². The topological polar surface area (TPSA) is 32.7 Å². The molecule has 0 spiro atoms. The highest BCUT2D eigenvalue weighted by molar-refractivity contribution is 5.28. The number of ether oxygens (including phenoxy) is 1. The van der Waals surface area contributed by atoms with Crippen LogP contribution in [0.15, 0.2) is 24.3 Å². The first-order chi connectivity index (χ1) is 10.2. The van der Waals surface area contributed by atoms with Crippen molar-refractivity contribution in [3.05, 3.63) is 29.8 Å². The van der Waals surface area contributed by atoms with Crippen LogP contribution in [0.5, 0.6) is 5.75 Å². The molecule has 0 unspecified atom stereocenters. The lowest BCUT2D eigenvalue weighted by atomic mass is 9.97. The lowest BCUT2D eigenvalue weighted by Crippen LogP contribution is -2.34. The van der Waals surface area contributed by atoms with Crippen LogP contribution in [0.3, 0.4) is 0 Å². The van der Waals surface area contributed by atoms with Gasteiger partial charge in [0.25, 0.3) is 0 Å². The van der Waals surface area contributed by atoms with Gasteiger partial charge in [0, 0.05) is 13.2 Å². The number of rotatable bonds is 7. The highest BCUT2D eigenvalue weighted by Crippen LogP contribution is 2.20. The predicted octanol–water partition coefficient (Wildman–Crippen LogP) is 3.32. The standard InChI is InChI=1S/C18H29NO2/c1-15(2)8-11-21-18-5-3-4-17(12-18)13-19-9-6-16(14-20)7-10-19/h3-5,12,15-16,20H,6-11,13-14H2,1-2H3. The zero-order chi connectivity index (χ0) is 15.1. The molecule has 1 aliphatic rings. The lowest BCUT2D eigenvalue weighted by Gasteiger charge is -2.31. The van der Waals surface area contributed by atoms with Gasteiger partial charge in [0.15, 0.2) is 0 Å². The molecule has 1 aromatic carbocycles. The number of nitrogens with zero attached hydrogens (tertiary/aromatic N) is 1. The molecule has 1 heterocycles. The molecule has 1 aliphatic heterocycles. The maximum Gasteiger partial charge on any atom is 0.119 e. The molecule has 0 amide bonds. The Balaban J connectivity index is 1.81. The zero-order valence-electron chi connectivity index (χ0n) is 13.4. The Labute approximate surface area is 128 Å². The first-order valence-corrected chi connectivity index (χ1v) is 8.22. The van der Waals surface area contributed by atoms with E-state index in [0.717, 1.165) is 51.3 Å². The van der Waals surface area contributed by atoms with Gasteiger partial charge in [-0.15, -0.1) is 0 Å². The summed E-state index contributed by atoms with van der Waals surface area (Å²) in [5.74, 6) is 2.17. The van der Waals surface area contributed by atoms with Crippen LogP contribution in [-0.4, -0.2) is 36.3 Å². The van der Waals surface area contributed by atoms with Crippen LogP contribution in [0.1, 0.15) is 38.7 Å². The van der Waals surface area contributed by atoms with Crippen molar-refractivity contribution >= 4 is 0 Å². The van der Waals surface area contributed by atoms with Crippen LogP contribution in [0.2, 0.25) is 0 Å². The predicted molar refractivity (Wildman–Crippen MR) is 86.5 cm³/mol. The first-order valence-electron chi connectivity index (χ1n) is 8.22. The molecule has 1 saturated heterocycles. The van der Waals surface area contributed by atoms with Crippen molar-refractivity contribution in [2.45, 2.75) is 39.7 Å². The van der Waals surface area contributed by atoms with Crippen LogP contribution in [0.25, 0.3) is 0 Å². The lowest BCUT2D eigenvalue weighted by molar-refractivity contribution is 0.127. The maximum absolute atomic E-state index is 9.19. The van der Waals surface area contributed by atoms with Gasteiger partial charge in [0.2, 0.25) is 0 Å².